The van der Waals surface area contributed by atoms with Gasteiger partial charge in [0.15, 0.2) is 5.96 Å². The van der Waals surface area contributed by atoms with Crippen molar-refractivity contribution in [2.24, 2.45) is 4.99 Å². The number of halogens is 1. The van der Waals surface area contributed by atoms with Crippen LogP contribution < -0.4 is 10.6 Å². The van der Waals surface area contributed by atoms with E-state index in [4.69, 9.17) is 4.74 Å². The fraction of sp³-hybridized carbons (Fsp3) is 0.619. The van der Waals surface area contributed by atoms with Crippen LogP contribution in [0.2, 0.25) is 0 Å². The molecule has 1 aliphatic rings. The number of hydrogen-bond acceptors (Lipinski definition) is 4. The van der Waals surface area contributed by atoms with Crippen LogP contribution in [0.1, 0.15) is 38.8 Å². The second kappa shape index (κ2) is 11.6. The second-order valence-electron chi connectivity index (χ2n) is 8.40. The summed E-state index contributed by atoms with van der Waals surface area (Å²) in [6.07, 6.45) is 0.509. The third-order valence-corrected chi connectivity index (χ3v) is 4.68. The highest BCUT2D eigenvalue weighted by Gasteiger charge is 2.28. The number of hydrogen-bond donors (Lipinski definition) is 2. The molecule has 164 valence electrons. The van der Waals surface area contributed by atoms with Crippen molar-refractivity contribution in [3.8, 4) is 0 Å². The molecule has 7 nitrogen and oxygen atoms in total. The Kier molecular flexibility index (Phi) is 10.2. The van der Waals surface area contributed by atoms with E-state index >= 15 is 0 Å². The molecule has 1 saturated heterocycles. The zero-order valence-corrected chi connectivity index (χ0v) is 20.8. The Hall–Kier alpha value is -1.55. The molecule has 1 aromatic rings. The number of amides is 1. The lowest BCUT2D eigenvalue weighted by Crippen LogP contribution is -2.45. The molecule has 2 atom stereocenters. The minimum absolute atomic E-state index is 0. The highest BCUT2D eigenvalue weighted by molar-refractivity contribution is 14.0. The molecular weight excluding hydrogens is 481 g/mol. The summed E-state index contributed by atoms with van der Waals surface area (Å²) in [6.45, 7) is 7.92. The molecule has 1 aromatic carbocycles. The Labute approximate surface area is 192 Å². The van der Waals surface area contributed by atoms with Crippen molar-refractivity contribution in [2.45, 2.75) is 44.9 Å². The van der Waals surface area contributed by atoms with E-state index in [0.717, 1.165) is 32.0 Å². The van der Waals surface area contributed by atoms with Crippen molar-refractivity contribution < 1.29 is 9.53 Å². The molecule has 2 rings (SSSR count). The van der Waals surface area contributed by atoms with Crippen LogP contribution in [-0.4, -0.2) is 74.3 Å². The van der Waals surface area contributed by atoms with Crippen molar-refractivity contribution in [1.82, 2.24) is 20.4 Å². The summed E-state index contributed by atoms with van der Waals surface area (Å²) in [4.78, 5) is 20.8. The molecule has 0 aromatic heterocycles. The van der Waals surface area contributed by atoms with Crippen LogP contribution in [0, 0.1) is 0 Å². The Morgan fingerprint density at radius 2 is 1.97 bits per heavy atom. The van der Waals surface area contributed by atoms with Gasteiger partial charge in [0, 0.05) is 26.7 Å². The Bertz CT molecular complexity index is 661. The fourth-order valence-electron chi connectivity index (χ4n) is 3.34. The quantitative estimate of drug-likeness (QED) is 0.357. The lowest BCUT2D eigenvalue weighted by Gasteiger charge is -2.28. The van der Waals surface area contributed by atoms with Crippen molar-refractivity contribution in [2.75, 3.05) is 40.8 Å². The van der Waals surface area contributed by atoms with E-state index in [1.807, 2.05) is 26.8 Å². The summed E-state index contributed by atoms with van der Waals surface area (Å²) in [5.74, 6) is 0.858. The van der Waals surface area contributed by atoms with Gasteiger partial charge in [-0.2, -0.15) is 0 Å². The third kappa shape index (κ3) is 8.38. The number of guanidine groups is 1. The molecule has 2 N–H and O–H groups in total. The summed E-state index contributed by atoms with van der Waals surface area (Å²) in [5, 5.41) is 6.45. The van der Waals surface area contributed by atoms with Crippen LogP contribution in [0.5, 0.6) is 0 Å². The maximum absolute atomic E-state index is 12.0. The zero-order valence-electron chi connectivity index (χ0n) is 18.4. The van der Waals surface area contributed by atoms with Gasteiger partial charge in [0.25, 0.3) is 0 Å². The maximum Gasteiger partial charge on any atom is 0.407 e. The van der Waals surface area contributed by atoms with E-state index in [0.29, 0.717) is 0 Å². The Balaban J connectivity index is 0.00000420. The van der Waals surface area contributed by atoms with E-state index in [2.05, 4.69) is 63.8 Å². The average Bonchev–Trinajstić information content (AvgIpc) is 3.05. The van der Waals surface area contributed by atoms with Crippen LogP contribution >= 0.6 is 24.0 Å². The third-order valence-electron chi connectivity index (χ3n) is 4.68. The summed E-state index contributed by atoms with van der Waals surface area (Å²) in [7, 11) is 5.96. The summed E-state index contributed by atoms with van der Waals surface area (Å²) >= 11 is 0. The van der Waals surface area contributed by atoms with Gasteiger partial charge in [0.2, 0.25) is 0 Å². The van der Waals surface area contributed by atoms with Gasteiger partial charge in [-0.05, 0) is 46.9 Å². The van der Waals surface area contributed by atoms with Crippen molar-refractivity contribution in [1.29, 1.82) is 0 Å². The number of rotatable bonds is 5. The first kappa shape index (κ1) is 25.5. The molecule has 1 fully saturated rings. The Morgan fingerprint density at radius 1 is 1.31 bits per heavy atom. The predicted molar refractivity (Wildman–Crippen MR) is 129 cm³/mol. The van der Waals surface area contributed by atoms with Gasteiger partial charge in [-0.15, -0.1) is 24.0 Å². The molecule has 2 unspecified atom stereocenters. The van der Waals surface area contributed by atoms with Gasteiger partial charge >= 0.3 is 6.09 Å². The molecule has 0 aliphatic carbocycles. The van der Waals surface area contributed by atoms with Gasteiger partial charge in [0.1, 0.15) is 5.60 Å². The topological polar surface area (TPSA) is 69.2 Å². The average molecular weight is 517 g/mol. The van der Waals surface area contributed by atoms with Crippen molar-refractivity contribution in [3.63, 3.8) is 0 Å². The van der Waals surface area contributed by atoms with Gasteiger partial charge in [-0.1, -0.05) is 30.3 Å². The molecule has 0 saturated carbocycles. The number of ether oxygens (including phenoxy) is 1. The largest absolute Gasteiger partial charge is 0.444 e. The van der Waals surface area contributed by atoms with E-state index in [-0.39, 0.29) is 42.2 Å². The van der Waals surface area contributed by atoms with Gasteiger partial charge in [0.05, 0.1) is 12.1 Å². The minimum atomic E-state index is -0.488. The first-order valence-corrected chi connectivity index (χ1v) is 9.86. The standard InChI is InChI=1S/C21H35N5O2.HI/c1-21(2,3)28-20(27)24-17-12-13-26(15-17)19(22-4)23-14-18(25(5)6)16-10-8-7-9-11-16;/h7-11,17-18H,12-15H2,1-6H3,(H,22,23)(H,24,27);1H. The molecule has 0 spiro atoms. The Morgan fingerprint density at radius 3 is 2.52 bits per heavy atom. The number of benzene rings is 1. The molecule has 1 amide bonds. The van der Waals surface area contributed by atoms with E-state index in [9.17, 15) is 4.79 Å². The number of nitrogens with one attached hydrogen (secondary N) is 2. The molecule has 8 heteroatoms. The lowest BCUT2D eigenvalue weighted by atomic mass is 10.1. The number of carbonyl (C=O) groups is 1. The van der Waals surface area contributed by atoms with Crippen molar-refractivity contribution >= 4 is 36.0 Å². The first-order chi connectivity index (χ1) is 13.2. The normalized spacial score (nSPS) is 18.2. The zero-order chi connectivity index (χ0) is 20.7. The van der Waals surface area contributed by atoms with Crippen LogP contribution in [0.25, 0.3) is 0 Å². The van der Waals surface area contributed by atoms with Gasteiger partial charge < -0.3 is 25.2 Å². The van der Waals surface area contributed by atoms with Gasteiger partial charge in [-0.3, -0.25) is 4.99 Å². The van der Waals surface area contributed by atoms with E-state index in [1.54, 1.807) is 7.05 Å². The number of likely N-dealkylation sites (tertiary alicyclic amines) is 1. The molecule has 0 radical (unpaired) electrons. The number of likely N-dealkylation sites (N-methyl/N-ethyl adjacent to an activating group) is 1. The molecular formula is C21H36IN5O2. The molecule has 0 bridgehead atoms. The van der Waals surface area contributed by atoms with E-state index < -0.39 is 5.60 Å². The SMILES string of the molecule is CN=C(NCC(c1ccccc1)N(C)C)N1CCC(NC(=O)OC(C)(C)C)C1.I. The van der Waals surface area contributed by atoms with E-state index in [1.165, 1.54) is 5.56 Å². The van der Waals surface area contributed by atoms with Crippen molar-refractivity contribution in [3.05, 3.63) is 35.9 Å². The van der Waals surface area contributed by atoms with Gasteiger partial charge in [-0.25, -0.2) is 4.79 Å². The van der Waals surface area contributed by atoms with Crippen LogP contribution in [0.3, 0.4) is 0 Å². The minimum Gasteiger partial charge on any atom is -0.444 e. The molecule has 29 heavy (non-hydrogen) atoms. The monoisotopic (exact) mass is 517 g/mol. The summed E-state index contributed by atoms with van der Waals surface area (Å²) < 4.78 is 5.36. The number of aliphatic imine (C=N–C) groups is 1. The number of carbonyl (C=O) groups excluding carboxylic acids is 1. The van der Waals surface area contributed by atoms with Crippen LogP contribution in [0.15, 0.2) is 35.3 Å². The summed E-state index contributed by atoms with van der Waals surface area (Å²) in [5.41, 5.74) is 0.778. The fourth-order valence-corrected chi connectivity index (χ4v) is 3.34. The van der Waals surface area contributed by atoms with Crippen LogP contribution in [-0.2, 0) is 4.74 Å². The highest BCUT2D eigenvalue weighted by atomic mass is 127. The smallest absolute Gasteiger partial charge is 0.407 e. The molecule has 1 aliphatic heterocycles. The first-order valence-electron chi connectivity index (χ1n) is 9.86. The summed E-state index contributed by atoms with van der Waals surface area (Å²) in [6, 6.07) is 10.8. The van der Waals surface area contributed by atoms with Crippen LogP contribution in [0.4, 0.5) is 4.79 Å². The molecule has 1 heterocycles. The lowest BCUT2D eigenvalue weighted by molar-refractivity contribution is 0.0507. The number of alkyl carbamates (subject to hydrolysis) is 1. The maximum atomic E-state index is 12.0. The highest BCUT2D eigenvalue weighted by Crippen LogP contribution is 2.17. The second-order valence-corrected chi connectivity index (χ2v) is 8.40. The number of nitrogens with zero attached hydrogens (tertiary/aromatic N) is 3. The predicted octanol–water partition coefficient (Wildman–Crippen LogP) is 3.08.